The number of nitrogens with one attached hydrogen (secondary N) is 2. The number of rotatable bonds is 4. The summed E-state index contributed by atoms with van der Waals surface area (Å²) >= 11 is 0. The van der Waals surface area contributed by atoms with Crippen LogP contribution in [0, 0.1) is 11.6 Å². The summed E-state index contributed by atoms with van der Waals surface area (Å²) < 4.78 is 26.7. The molecule has 0 fully saturated rings. The van der Waals surface area contributed by atoms with E-state index in [-0.39, 0.29) is 12.4 Å². The molecule has 0 amide bonds. The highest BCUT2D eigenvalue weighted by Crippen LogP contribution is 2.07. The molecule has 0 radical (unpaired) electrons. The van der Waals surface area contributed by atoms with E-state index in [1.807, 2.05) is 4.98 Å². The summed E-state index contributed by atoms with van der Waals surface area (Å²) in [5.74, 6) is -1.36. The van der Waals surface area contributed by atoms with Crippen LogP contribution in [0.2, 0.25) is 0 Å². The summed E-state index contributed by atoms with van der Waals surface area (Å²) in [5, 5.41) is 2.94. The number of hydrogen-bond donors (Lipinski definition) is 2. The Hall–Kier alpha value is -2.44. The van der Waals surface area contributed by atoms with E-state index in [0.29, 0.717) is 12.2 Å². The molecule has 0 spiro atoms. The summed E-state index contributed by atoms with van der Waals surface area (Å²) in [4.78, 5) is 24.0. The van der Waals surface area contributed by atoms with Gasteiger partial charge in [0.1, 0.15) is 5.82 Å². The predicted octanol–water partition coefficient (Wildman–Crippen LogP) is 0.927. The maximum atomic E-state index is 13.0. The summed E-state index contributed by atoms with van der Waals surface area (Å²) in [7, 11) is 0. The van der Waals surface area contributed by atoms with Crippen LogP contribution in [0.15, 0.2) is 40.1 Å². The van der Waals surface area contributed by atoms with E-state index in [1.165, 1.54) is 12.1 Å². The van der Waals surface area contributed by atoms with Crippen LogP contribution in [0.5, 0.6) is 0 Å². The Morgan fingerprint density at radius 2 is 1.84 bits per heavy atom. The van der Waals surface area contributed by atoms with Crippen molar-refractivity contribution in [3.05, 3.63) is 62.9 Å². The van der Waals surface area contributed by atoms with Crippen LogP contribution < -0.4 is 16.6 Å². The minimum Gasteiger partial charge on any atom is -0.383 e. The molecule has 1 aromatic carbocycles. The average Bonchev–Trinajstić information content (AvgIpc) is 2.38. The molecule has 1 aromatic heterocycles. The first-order chi connectivity index (χ1) is 9.06. The van der Waals surface area contributed by atoms with Crippen LogP contribution in [0.4, 0.5) is 14.5 Å². The Labute approximate surface area is 106 Å². The molecule has 5 nitrogen and oxygen atoms in total. The summed E-state index contributed by atoms with van der Waals surface area (Å²) in [5.41, 5.74) is -1.03. The lowest BCUT2D eigenvalue weighted by Crippen LogP contribution is -2.32. The van der Waals surface area contributed by atoms with Crippen molar-refractivity contribution in [2.24, 2.45) is 0 Å². The Morgan fingerprint density at radius 3 is 2.53 bits per heavy atom. The number of anilines is 1. The van der Waals surface area contributed by atoms with Crippen LogP contribution >= 0.6 is 0 Å². The lowest BCUT2D eigenvalue weighted by molar-refractivity contribution is 0.556. The van der Waals surface area contributed by atoms with Gasteiger partial charge in [-0.05, 0) is 24.3 Å². The highest BCUT2D eigenvalue weighted by molar-refractivity contribution is 5.42. The Kier molecular flexibility index (Phi) is 3.74. The van der Waals surface area contributed by atoms with Gasteiger partial charge in [0.25, 0.3) is 5.56 Å². The number of hydrogen-bond acceptors (Lipinski definition) is 3. The molecule has 1 heterocycles. The number of benzene rings is 1. The topological polar surface area (TPSA) is 66.9 Å². The van der Waals surface area contributed by atoms with Crippen molar-refractivity contribution in [2.45, 2.75) is 6.54 Å². The second kappa shape index (κ2) is 5.47. The number of H-pyrrole nitrogens is 1. The number of halogens is 2. The van der Waals surface area contributed by atoms with Crippen LogP contribution in [-0.4, -0.2) is 16.1 Å². The van der Waals surface area contributed by atoms with Gasteiger partial charge in [0.2, 0.25) is 5.82 Å². The van der Waals surface area contributed by atoms with Gasteiger partial charge >= 0.3 is 5.69 Å². The first-order valence-electron chi connectivity index (χ1n) is 5.55. The van der Waals surface area contributed by atoms with Gasteiger partial charge < -0.3 is 5.32 Å². The van der Waals surface area contributed by atoms with E-state index in [0.717, 1.165) is 10.8 Å². The maximum Gasteiger partial charge on any atom is 0.328 e. The highest BCUT2D eigenvalue weighted by atomic mass is 19.1. The molecule has 2 aromatic rings. The number of aromatic amines is 1. The number of nitrogens with zero attached hydrogens (tertiary/aromatic N) is 1. The van der Waals surface area contributed by atoms with Crippen molar-refractivity contribution in [1.29, 1.82) is 0 Å². The molecular formula is C12H11F2N3O2. The molecule has 0 saturated carbocycles. The van der Waals surface area contributed by atoms with E-state index < -0.39 is 17.1 Å². The van der Waals surface area contributed by atoms with E-state index >= 15 is 0 Å². The lowest BCUT2D eigenvalue weighted by Gasteiger charge is -2.08. The first kappa shape index (κ1) is 13.0. The fraction of sp³-hybridized carbons (Fsp3) is 0.167. The fourth-order valence-corrected chi connectivity index (χ4v) is 1.54. The lowest BCUT2D eigenvalue weighted by atomic mass is 10.3. The van der Waals surface area contributed by atoms with Gasteiger partial charge in [-0.2, -0.15) is 4.39 Å². The smallest absolute Gasteiger partial charge is 0.328 e. The second-order valence-electron chi connectivity index (χ2n) is 3.86. The molecular weight excluding hydrogens is 256 g/mol. The quantitative estimate of drug-likeness (QED) is 0.866. The van der Waals surface area contributed by atoms with Crippen LogP contribution in [0.3, 0.4) is 0 Å². The van der Waals surface area contributed by atoms with Crippen molar-refractivity contribution < 1.29 is 8.78 Å². The third kappa shape index (κ3) is 3.27. The molecule has 2 N–H and O–H groups in total. The maximum absolute atomic E-state index is 13.0. The number of aromatic nitrogens is 2. The molecule has 0 aliphatic carbocycles. The Balaban J connectivity index is 2.00. The molecule has 0 aliphatic heterocycles. The zero-order chi connectivity index (χ0) is 13.8. The standard InChI is InChI=1S/C12H11F2N3O2/c13-8-1-3-9(4-2-8)15-5-6-17-7-10(14)11(18)16-12(17)19/h1-4,7,15H,5-6H2,(H,16,18,19). The minimum atomic E-state index is -1.03. The third-order valence-corrected chi connectivity index (χ3v) is 2.49. The van der Waals surface area contributed by atoms with E-state index in [4.69, 9.17) is 0 Å². The molecule has 0 bridgehead atoms. The van der Waals surface area contributed by atoms with Gasteiger partial charge in [-0.15, -0.1) is 0 Å². The van der Waals surface area contributed by atoms with Gasteiger partial charge in [-0.25, -0.2) is 9.18 Å². The molecule has 0 aliphatic rings. The van der Waals surface area contributed by atoms with Crippen LogP contribution in [0.25, 0.3) is 0 Å². The normalized spacial score (nSPS) is 10.4. The molecule has 7 heteroatoms. The van der Waals surface area contributed by atoms with Gasteiger partial charge in [0.15, 0.2) is 0 Å². The fourth-order valence-electron chi connectivity index (χ4n) is 1.54. The summed E-state index contributed by atoms with van der Waals surface area (Å²) in [6, 6.07) is 5.69. The zero-order valence-corrected chi connectivity index (χ0v) is 9.82. The predicted molar refractivity (Wildman–Crippen MR) is 66.2 cm³/mol. The van der Waals surface area contributed by atoms with Crippen molar-refractivity contribution in [2.75, 3.05) is 11.9 Å². The van der Waals surface area contributed by atoms with Gasteiger partial charge in [0.05, 0.1) is 6.20 Å². The van der Waals surface area contributed by atoms with Gasteiger partial charge in [-0.3, -0.25) is 14.3 Å². The Morgan fingerprint density at radius 1 is 1.16 bits per heavy atom. The second-order valence-corrected chi connectivity index (χ2v) is 3.86. The SMILES string of the molecule is O=c1[nH]c(=O)n(CCNc2ccc(F)cc2)cc1F. The molecule has 0 atom stereocenters. The third-order valence-electron chi connectivity index (χ3n) is 2.49. The summed E-state index contributed by atoms with van der Waals surface area (Å²) in [6.07, 6.45) is 0.855. The molecule has 19 heavy (non-hydrogen) atoms. The van der Waals surface area contributed by atoms with Crippen molar-refractivity contribution in [1.82, 2.24) is 9.55 Å². The van der Waals surface area contributed by atoms with Crippen molar-refractivity contribution in [3.63, 3.8) is 0 Å². The van der Waals surface area contributed by atoms with Crippen LogP contribution in [-0.2, 0) is 6.54 Å². The molecule has 0 saturated heterocycles. The average molecular weight is 267 g/mol. The first-order valence-corrected chi connectivity index (χ1v) is 5.55. The van der Waals surface area contributed by atoms with Gasteiger partial charge in [-0.1, -0.05) is 0 Å². The zero-order valence-electron chi connectivity index (χ0n) is 9.82. The Bertz CT molecular complexity index is 677. The summed E-state index contributed by atoms with van der Waals surface area (Å²) in [6.45, 7) is 0.501. The minimum absolute atomic E-state index is 0.171. The van der Waals surface area contributed by atoms with Crippen molar-refractivity contribution in [3.8, 4) is 0 Å². The van der Waals surface area contributed by atoms with Crippen LogP contribution in [0.1, 0.15) is 0 Å². The molecule has 100 valence electrons. The highest BCUT2D eigenvalue weighted by Gasteiger charge is 2.03. The van der Waals surface area contributed by atoms with E-state index in [2.05, 4.69) is 5.32 Å². The molecule has 0 unspecified atom stereocenters. The monoisotopic (exact) mass is 267 g/mol. The van der Waals surface area contributed by atoms with E-state index in [1.54, 1.807) is 12.1 Å². The van der Waals surface area contributed by atoms with Crippen molar-refractivity contribution >= 4 is 5.69 Å². The molecule has 2 rings (SSSR count). The largest absolute Gasteiger partial charge is 0.383 e. The van der Waals surface area contributed by atoms with E-state index in [9.17, 15) is 18.4 Å². The van der Waals surface area contributed by atoms with Gasteiger partial charge in [0, 0.05) is 18.8 Å².